The van der Waals surface area contributed by atoms with Gasteiger partial charge in [0.05, 0.1) is 4.92 Å². The van der Waals surface area contributed by atoms with Crippen LogP contribution in [0.25, 0.3) is 0 Å². The lowest BCUT2D eigenvalue weighted by Gasteiger charge is -2.19. The van der Waals surface area contributed by atoms with E-state index in [1.807, 2.05) is 7.05 Å². The Morgan fingerprint density at radius 2 is 2.17 bits per heavy atom. The van der Waals surface area contributed by atoms with Crippen molar-refractivity contribution in [3.05, 3.63) is 22.4 Å². The molecule has 0 amide bonds. The van der Waals surface area contributed by atoms with Crippen molar-refractivity contribution in [2.75, 3.05) is 13.6 Å². The highest BCUT2D eigenvalue weighted by molar-refractivity contribution is 4.74. The lowest BCUT2D eigenvalue weighted by Crippen LogP contribution is -2.26. The Kier molecular flexibility index (Phi) is 5.28. The van der Waals surface area contributed by atoms with Gasteiger partial charge in [0.2, 0.25) is 6.20 Å². The number of nitrogens with zero attached hydrogens (tertiary/aromatic N) is 2. The van der Waals surface area contributed by atoms with Crippen LogP contribution in [0.15, 0.2) is 12.3 Å². The normalized spacial score (nSPS) is 11.8. The third-order valence-corrected chi connectivity index (χ3v) is 1.76. The molecule has 0 aliphatic heterocycles. The number of hydrogen-bond acceptors (Lipinski definition) is 3. The molecule has 0 aliphatic rings. The minimum absolute atomic E-state index is 0.435. The van der Waals surface area contributed by atoms with Crippen LogP contribution in [0.1, 0.15) is 20.3 Å². The summed E-state index contributed by atoms with van der Waals surface area (Å²) in [6.45, 7) is 5.05. The Hall–Kier alpha value is -0.900. The van der Waals surface area contributed by atoms with Gasteiger partial charge < -0.3 is 4.90 Å². The molecule has 0 unspecified atom stereocenters. The molecule has 4 nitrogen and oxygen atoms in total. The van der Waals surface area contributed by atoms with Crippen LogP contribution in [-0.4, -0.2) is 29.5 Å². The van der Waals surface area contributed by atoms with Gasteiger partial charge in [0, 0.05) is 12.6 Å². The molecule has 0 aromatic heterocycles. The smallest absolute Gasteiger partial charge is 0.230 e. The zero-order chi connectivity index (χ0) is 9.56. The van der Waals surface area contributed by atoms with Crippen molar-refractivity contribution in [3.8, 4) is 0 Å². The topological polar surface area (TPSA) is 46.4 Å². The van der Waals surface area contributed by atoms with Gasteiger partial charge in [-0.2, -0.15) is 0 Å². The first-order valence-corrected chi connectivity index (χ1v) is 4.04. The van der Waals surface area contributed by atoms with E-state index in [1.165, 1.54) is 0 Å². The summed E-state index contributed by atoms with van der Waals surface area (Å²) in [5.41, 5.74) is 0. The maximum atomic E-state index is 9.88. The molecular weight excluding hydrogens is 156 g/mol. The van der Waals surface area contributed by atoms with E-state index < -0.39 is 4.92 Å². The summed E-state index contributed by atoms with van der Waals surface area (Å²) < 4.78 is 0. The third-order valence-electron chi connectivity index (χ3n) is 1.76. The Bertz CT molecular complexity index is 166. The summed E-state index contributed by atoms with van der Waals surface area (Å²) >= 11 is 0. The van der Waals surface area contributed by atoms with E-state index in [0.29, 0.717) is 6.04 Å². The summed E-state index contributed by atoms with van der Waals surface area (Å²) in [6.07, 6.45) is 3.31. The van der Waals surface area contributed by atoms with Crippen molar-refractivity contribution in [2.24, 2.45) is 0 Å². The first-order chi connectivity index (χ1) is 5.54. The number of rotatable bonds is 5. The fraction of sp³-hybridized carbons (Fsp3) is 0.750. The summed E-state index contributed by atoms with van der Waals surface area (Å²) in [7, 11) is 2.00. The minimum Gasteiger partial charge on any atom is -0.304 e. The van der Waals surface area contributed by atoms with E-state index >= 15 is 0 Å². The zero-order valence-corrected chi connectivity index (χ0v) is 7.86. The second-order valence-electron chi connectivity index (χ2n) is 3.03. The predicted molar refractivity (Wildman–Crippen MR) is 48.5 cm³/mol. The van der Waals surface area contributed by atoms with Crippen LogP contribution in [0.2, 0.25) is 0 Å². The highest BCUT2D eigenvalue weighted by Crippen LogP contribution is 1.95. The molecule has 0 aliphatic carbocycles. The highest BCUT2D eigenvalue weighted by Gasteiger charge is 2.00. The molecule has 0 spiro atoms. The van der Waals surface area contributed by atoms with E-state index in [9.17, 15) is 10.1 Å². The predicted octanol–water partition coefficient (Wildman–Crippen LogP) is 1.51. The molecule has 0 N–H and O–H groups in total. The standard InChI is InChI=1S/C8H16N2O2/c1-8(2)9(3)6-4-5-7-10(11)12/h5,7-8H,4,6H2,1-3H3/b7-5+. The molecule has 70 valence electrons. The molecule has 0 saturated heterocycles. The molecule has 0 aromatic carbocycles. The van der Waals surface area contributed by atoms with E-state index in [1.54, 1.807) is 6.08 Å². The monoisotopic (exact) mass is 172 g/mol. The third kappa shape index (κ3) is 5.85. The average molecular weight is 172 g/mol. The molecule has 0 radical (unpaired) electrons. The Morgan fingerprint density at radius 1 is 1.58 bits per heavy atom. The molecule has 0 fully saturated rings. The highest BCUT2D eigenvalue weighted by atomic mass is 16.6. The average Bonchev–Trinajstić information content (AvgIpc) is 1.97. The maximum absolute atomic E-state index is 9.88. The van der Waals surface area contributed by atoms with Crippen molar-refractivity contribution < 1.29 is 4.92 Å². The van der Waals surface area contributed by atoms with Crippen LogP contribution in [0.5, 0.6) is 0 Å². The molecule has 0 heterocycles. The fourth-order valence-electron chi connectivity index (χ4n) is 0.697. The molecule has 12 heavy (non-hydrogen) atoms. The molecular formula is C8H16N2O2. The van der Waals surface area contributed by atoms with Crippen LogP contribution in [0.4, 0.5) is 0 Å². The largest absolute Gasteiger partial charge is 0.304 e. The SMILES string of the molecule is CC(C)N(C)CC/C=C/[N+](=O)[O-]. The quantitative estimate of drug-likeness (QED) is 0.466. The van der Waals surface area contributed by atoms with Gasteiger partial charge in [-0.3, -0.25) is 10.1 Å². The summed E-state index contributed by atoms with van der Waals surface area (Å²) in [5.74, 6) is 0. The Balaban J connectivity index is 3.49. The summed E-state index contributed by atoms with van der Waals surface area (Å²) in [5, 5.41) is 9.88. The Labute approximate surface area is 73.0 Å². The first-order valence-electron chi connectivity index (χ1n) is 4.04. The van der Waals surface area contributed by atoms with Gasteiger partial charge in [-0.25, -0.2) is 0 Å². The van der Waals surface area contributed by atoms with Crippen molar-refractivity contribution in [1.29, 1.82) is 0 Å². The second-order valence-corrected chi connectivity index (χ2v) is 3.03. The van der Waals surface area contributed by atoms with E-state index in [4.69, 9.17) is 0 Å². The van der Waals surface area contributed by atoms with Crippen LogP contribution in [0.3, 0.4) is 0 Å². The number of hydrogen-bond donors (Lipinski definition) is 0. The zero-order valence-electron chi connectivity index (χ0n) is 7.86. The lowest BCUT2D eigenvalue weighted by molar-refractivity contribution is -0.402. The van der Waals surface area contributed by atoms with Crippen LogP contribution < -0.4 is 0 Å². The summed E-state index contributed by atoms with van der Waals surface area (Å²) in [4.78, 5) is 11.6. The van der Waals surface area contributed by atoms with Gasteiger partial charge in [-0.05, 0) is 33.4 Å². The Morgan fingerprint density at radius 3 is 2.58 bits per heavy atom. The van der Waals surface area contributed by atoms with Gasteiger partial charge in [-0.1, -0.05) is 0 Å². The molecule has 0 saturated carbocycles. The number of nitro groups is 1. The van der Waals surface area contributed by atoms with E-state index in [0.717, 1.165) is 19.2 Å². The molecule has 4 heteroatoms. The lowest BCUT2D eigenvalue weighted by atomic mass is 10.3. The van der Waals surface area contributed by atoms with Gasteiger partial charge in [0.1, 0.15) is 0 Å². The second kappa shape index (κ2) is 5.71. The van der Waals surface area contributed by atoms with Crippen LogP contribution in [0, 0.1) is 10.1 Å². The summed E-state index contributed by atoms with van der Waals surface area (Å²) in [6, 6.07) is 0.494. The maximum Gasteiger partial charge on any atom is 0.230 e. The van der Waals surface area contributed by atoms with Crippen molar-refractivity contribution >= 4 is 0 Å². The van der Waals surface area contributed by atoms with E-state index in [2.05, 4.69) is 18.7 Å². The molecule has 0 bridgehead atoms. The minimum atomic E-state index is -0.435. The fourth-order valence-corrected chi connectivity index (χ4v) is 0.697. The molecule has 0 rings (SSSR count). The first kappa shape index (κ1) is 11.1. The molecule has 0 atom stereocenters. The van der Waals surface area contributed by atoms with Crippen LogP contribution >= 0.6 is 0 Å². The van der Waals surface area contributed by atoms with Crippen molar-refractivity contribution in [1.82, 2.24) is 4.90 Å². The molecule has 0 aromatic rings. The van der Waals surface area contributed by atoms with E-state index in [-0.39, 0.29) is 0 Å². The van der Waals surface area contributed by atoms with Gasteiger partial charge in [-0.15, -0.1) is 0 Å². The van der Waals surface area contributed by atoms with Crippen LogP contribution in [-0.2, 0) is 0 Å². The van der Waals surface area contributed by atoms with Gasteiger partial charge in [0.25, 0.3) is 0 Å². The van der Waals surface area contributed by atoms with Gasteiger partial charge >= 0.3 is 0 Å². The van der Waals surface area contributed by atoms with Crippen molar-refractivity contribution in [2.45, 2.75) is 26.3 Å². The van der Waals surface area contributed by atoms with Gasteiger partial charge in [0.15, 0.2) is 0 Å². The van der Waals surface area contributed by atoms with Crippen molar-refractivity contribution in [3.63, 3.8) is 0 Å².